The van der Waals surface area contributed by atoms with Gasteiger partial charge in [0, 0.05) is 16.1 Å². The molecule has 0 saturated heterocycles. The van der Waals surface area contributed by atoms with Crippen molar-refractivity contribution in [3.63, 3.8) is 0 Å². The first-order valence-corrected chi connectivity index (χ1v) is 5.46. The molecule has 0 rings (SSSR count). The minimum atomic E-state index is 0.672. The summed E-state index contributed by atoms with van der Waals surface area (Å²) in [5.74, 6) is 0. The van der Waals surface area contributed by atoms with E-state index < -0.39 is 0 Å². The molecule has 0 fully saturated rings. The van der Waals surface area contributed by atoms with Crippen LogP contribution >= 0.6 is 0 Å². The maximum Gasteiger partial charge on any atom is 0.226 e. The SMILES string of the molecule is C[Si]CCO[Si]C. The number of rotatable bonds is 4. The number of hydrogen-bond acceptors (Lipinski definition) is 1. The van der Waals surface area contributed by atoms with Gasteiger partial charge in [0.05, 0.1) is 0 Å². The third-order valence-corrected chi connectivity index (χ3v) is 1.80. The molecule has 3 heteroatoms. The quantitative estimate of drug-likeness (QED) is 0.405. The molecule has 0 aromatic rings. The van der Waals surface area contributed by atoms with Crippen molar-refractivity contribution in [2.24, 2.45) is 0 Å². The average molecular weight is 130 g/mol. The molecular weight excluding hydrogens is 120 g/mol. The maximum absolute atomic E-state index is 5.11. The monoisotopic (exact) mass is 130 g/mol. The predicted octanol–water partition coefficient (Wildman–Crippen LogP) is 0.841. The van der Waals surface area contributed by atoms with Crippen LogP contribution in [0.2, 0.25) is 19.1 Å². The van der Waals surface area contributed by atoms with Crippen molar-refractivity contribution in [2.75, 3.05) is 6.61 Å². The van der Waals surface area contributed by atoms with Crippen LogP contribution in [0.15, 0.2) is 0 Å². The molecule has 0 spiro atoms. The molecule has 0 aliphatic carbocycles. The summed E-state index contributed by atoms with van der Waals surface area (Å²) >= 11 is 0. The topological polar surface area (TPSA) is 9.23 Å². The molecular formula is C4H10OSi2. The minimum Gasteiger partial charge on any atom is -0.418 e. The van der Waals surface area contributed by atoms with Crippen molar-refractivity contribution < 1.29 is 4.43 Å². The fourth-order valence-corrected chi connectivity index (χ4v) is 1.07. The molecule has 0 unspecified atom stereocenters. The summed E-state index contributed by atoms with van der Waals surface area (Å²) in [6.07, 6.45) is 0. The Morgan fingerprint density at radius 2 is 2.14 bits per heavy atom. The van der Waals surface area contributed by atoms with Crippen LogP contribution in [0.1, 0.15) is 0 Å². The highest BCUT2D eigenvalue weighted by Crippen LogP contribution is 1.77. The Kier molecular flexibility index (Phi) is 6.75. The molecule has 0 aromatic heterocycles. The van der Waals surface area contributed by atoms with Crippen LogP contribution in [0.25, 0.3) is 0 Å². The van der Waals surface area contributed by atoms with Crippen molar-refractivity contribution in [3.05, 3.63) is 0 Å². The molecule has 0 aliphatic rings. The van der Waals surface area contributed by atoms with E-state index >= 15 is 0 Å². The van der Waals surface area contributed by atoms with Gasteiger partial charge in [-0.05, 0) is 12.6 Å². The van der Waals surface area contributed by atoms with E-state index in [0.29, 0.717) is 9.76 Å². The molecule has 0 N–H and O–H groups in total. The Morgan fingerprint density at radius 3 is 2.57 bits per heavy atom. The predicted molar refractivity (Wildman–Crippen MR) is 34.0 cm³/mol. The van der Waals surface area contributed by atoms with Crippen molar-refractivity contribution >= 4 is 19.3 Å². The van der Waals surface area contributed by atoms with E-state index in [0.717, 1.165) is 16.1 Å². The standard InChI is InChI=1S/C4H10OSi2/c1-6-4-3-5-7-2/h3-4H2,1-2H3. The summed E-state index contributed by atoms with van der Waals surface area (Å²) in [5.41, 5.74) is 0. The van der Waals surface area contributed by atoms with Crippen LogP contribution < -0.4 is 0 Å². The van der Waals surface area contributed by atoms with E-state index in [-0.39, 0.29) is 0 Å². The van der Waals surface area contributed by atoms with E-state index in [1.165, 1.54) is 6.04 Å². The van der Waals surface area contributed by atoms with Gasteiger partial charge >= 0.3 is 0 Å². The lowest BCUT2D eigenvalue weighted by molar-refractivity contribution is 0.363. The molecule has 0 saturated carbocycles. The smallest absolute Gasteiger partial charge is 0.226 e. The first-order valence-electron chi connectivity index (χ1n) is 2.35. The normalized spacial score (nSPS) is 9.43. The van der Waals surface area contributed by atoms with Crippen LogP contribution in [-0.4, -0.2) is 25.9 Å². The largest absolute Gasteiger partial charge is 0.418 e. The van der Waals surface area contributed by atoms with E-state index in [1.54, 1.807) is 0 Å². The summed E-state index contributed by atoms with van der Waals surface area (Å²) in [4.78, 5) is 0. The highest BCUT2D eigenvalue weighted by molar-refractivity contribution is 6.33. The van der Waals surface area contributed by atoms with Crippen molar-refractivity contribution in [3.8, 4) is 0 Å². The minimum absolute atomic E-state index is 0.672. The first-order chi connectivity index (χ1) is 3.41. The molecule has 0 bridgehead atoms. The van der Waals surface area contributed by atoms with Gasteiger partial charge in [-0.25, -0.2) is 0 Å². The van der Waals surface area contributed by atoms with Gasteiger partial charge in [-0.2, -0.15) is 0 Å². The van der Waals surface area contributed by atoms with Gasteiger partial charge in [-0.1, -0.05) is 6.55 Å². The van der Waals surface area contributed by atoms with Gasteiger partial charge in [0.15, 0.2) is 0 Å². The second-order valence-electron chi connectivity index (χ2n) is 1.16. The van der Waals surface area contributed by atoms with Crippen LogP contribution in [0.3, 0.4) is 0 Å². The zero-order valence-corrected chi connectivity index (χ0v) is 6.82. The zero-order valence-electron chi connectivity index (χ0n) is 4.82. The lowest BCUT2D eigenvalue weighted by Crippen LogP contribution is -1.97. The van der Waals surface area contributed by atoms with Gasteiger partial charge in [0.1, 0.15) is 0 Å². The molecule has 0 heterocycles. The molecule has 7 heavy (non-hydrogen) atoms. The zero-order chi connectivity index (χ0) is 5.54. The molecule has 4 radical (unpaired) electrons. The second-order valence-corrected chi connectivity index (χ2v) is 3.06. The van der Waals surface area contributed by atoms with Crippen LogP contribution in [0, 0.1) is 0 Å². The first kappa shape index (κ1) is 7.39. The van der Waals surface area contributed by atoms with Crippen LogP contribution in [0.4, 0.5) is 0 Å². The molecule has 40 valence electrons. The Hall–Kier alpha value is 0.394. The van der Waals surface area contributed by atoms with Gasteiger partial charge in [-0.15, -0.1) is 0 Å². The van der Waals surface area contributed by atoms with Gasteiger partial charge in [0.2, 0.25) is 9.76 Å². The maximum atomic E-state index is 5.11. The highest BCUT2D eigenvalue weighted by Gasteiger charge is 1.80. The summed E-state index contributed by atoms with van der Waals surface area (Å²) in [6.45, 7) is 5.21. The van der Waals surface area contributed by atoms with Crippen molar-refractivity contribution in [1.82, 2.24) is 0 Å². The van der Waals surface area contributed by atoms with E-state index in [2.05, 4.69) is 13.1 Å². The van der Waals surface area contributed by atoms with Gasteiger partial charge in [0.25, 0.3) is 0 Å². The average Bonchev–Trinajstić information content (AvgIpc) is 1.69. The summed E-state index contributed by atoms with van der Waals surface area (Å²) in [6, 6.07) is 1.24. The Bertz CT molecular complexity index is 28.9. The lowest BCUT2D eigenvalue weighted by atomic mass is 10.9. The lowest BCUT2D eigenvalue weighted by Gasteiger charge is -1.93. The molecule has 1 nitrogen and oxygen atoms in total. The van der Waals surface area contributed by atoms with E-state index in [4.69, 9.17) is 4.43 Å². The highest BCUT2D eigenvalue weighted by atomic mass is 28.2. The molecule has 0 aliphatic heterocycles. The molecule has 0 amide bonds. The Labute approximate surface area is 50.2 Å². The Morgan fingerprint density at radius 1 is 1.43 bits per heavy atom. The van der Waals surface area contributed by atoms with Crippen LogP contribution in [-0.2, 0) is 4.43 Å². The van der Waals surface area contributed by atoms with Crippen molar-refractivity contribution in [1.29, 1.82) is 0 Å². The third-order valence-electron chi connectivity index (χ3n) is 0.598. The summed E-state index contributed by atoms with van der Waals surface area (Å²) in [5, 5.41) is 0. The van der Waals surface area contributed by atoms with Gasteiger partial charge in [-0.3, -0.25) is 0 Å². The summed E-state index contributed by atoms with van der Waals surface area (Å²) in [7, 11) is 1.72. The fourth-order valence-electron chi connectivity index (χ4n) is 0.255. The van der Waals surface area contributed by atoms with Gasteiger partial charge < -0.3 is 4.43 Å². The fraction of sp³-hybridized carbons (Fsp3) is 1.00. The van der Waals surface area contributed by atoms with E-state index in [1.807, 2.05) is 0 Å². The summed E-state index contributed by atoms with van der Waals surface area (Å²) < 4.78 is 5.11. The second kappa shape index (κ2) is 6.39. The molecule has 0 aromatic carbocycles. The third kappa shape index (κ3) is 6.39. The Balaban J connectivity index is 2.45. The number of hydrogen-bond donors (Lipinski definition) is 0. The van der Waals surface area contributed by atoms with E-state index in [9.17, 15) is 0 Å². The van der Waals surface area contributed by atoms with Crippen LogP contribution in [0.5, 0.6) is 0 Å². The van der Waals surface area contributed by atoms with Crippen molar-refractivity contribution in [2.45, 2.75) is 19.1 Å². The molecule has 0 atom stereocenters.